The molecule has 0 spiro atoms. The first-order chi connectivity index (χ1) is 8.58. The average molecular weight is 263 g/mol. The highest BCUT2D eigenvalue weighted by molar-refractivity contribution is 7.17. The van der Waals surface area contributed by atoms with Crippen molar-refractivity contribution in [2.45, 2.75) is 13.5 Å². The summed E-state index contributed by atoms with van der Waals surface area (Å²) < 4.78 is 3.73. The van der Waals surface area contributed by atoms with Gasteiger partial charge in [0.05, 0.1) is 10.2 Å². The monoisotopic (exact) mass is 263 g/mol. The number of nitrogens with zero attached hydrogens (tertiary/aromatic N) is 3. The van der Waals surface area contributed by atoms with Gasteiger partial charge in [-0.25, -0.2) is 4.68 Å². The molecule has 0 amide bonds. The molecule has 0 aliphatic carbocycles. The van der Waals surface area contributed by atoms with E-state index < -0.39 is 12.5 Å². The van der Waals surface area contributed by atoms with Crippen LogP contribution in [0.2, 0.25) is 0 Å². The van der Waals surface area contributed by atoms with E-state index in [1.165, 1.54) is 11.3 Å². The van der Waals surface area contributed by atoms with Gasteiger partial charge in [-0.3, -0.25) is 14.0 Å². The number of aromatic nitrogens is 3. The van der Waals surface area contributed by atoms with Crippen molar-refractivity contribution in [2.24, 2.45) is 0 Å². The van der Waals surface area contributed by atoms with Gasteiger partial charge in [0.1, 0.15) is 17.9 Å². The fourth-order valence-corrected chi connectivity index (χ4v) is 2.87. The third kappa shape index (κ3) is 1.44. The van der Waals surface area contributed by atoms with Gasteiger partial charge in [0.15, 0.2) is 0 Å². The Morgan fingerprint density at radius 3 is 3.00 bits per heavy atom. The number of aliphatic carboxylic acids is 1. The molecule has 1 N–H and O–H groups in total. The SMILES string of the molecule is Cc1nn(CC(=O)O)c(=O)c2cc3sccc3n12. The number of rotatable bonds is 2. The number of thiophene rings is 1. The van der Waals surface area contributed by atoms with Crippen LogP contribution in [-0.2, 0) is 11.3 Å². The summed E-state index contributed by atoms with van der Waals surface area (Å²) in [5.74, 6) is -0.485. The Labute approximate surface area is 105 Å². The van der Waals surface area contributed by atoms with Crippen molar-refractivity contribution < 1.29 is 9.90 Å². The van der Waals surface area contributed by atoms with Crippen molar-refractivity contribution in [1.82, 2.24) is 14.2 Å². The second-order valence-electron chi connectivity index (χ2n) is 3.94. The smallest absolute Gasteiger partial charge is 0.325 e. The topological polar surface area (TPSA) is 76.6 Å². The molecule has 0 aromatic carbocycles. The van der Waals surface area contributed by atoms with E-state index in [4.69, 9.17) is 5.11 Å². The van der Waals surface area contributed by atoms with Crippen molar-refractivity contribution in [1.29, 1.82) is 0 Å². The molecule has 3 aromatic rings. The van der Waals surface area contributed by atoms with Gasteiger partial charge < -0.3 is 5.11 Å². The Bertz CT molecular complexity index is 827. The fourth-order valence-electron chi connectivity index (χ4n) is 2.06. The molecule has 0 fully saturated rings. The van der Waals surface area contributed by atoms with Crippen LogP contribution in [0.5, 0.6) is 0 Å². The van der Waals surface area contributed by atoms with E-state index in [0.29, 0.717) is 11.3 Å². The lowest BCUT2D eigenvalue weighted by Gasteiger charge is -2.05. The summed E-state index contributed by atoms with van der Waals surface area (Å²) in [6.07, 6.45) is 0. The van der Waals surface area contributed by atoms with Gasteiger partial charge in [-0.05, 0) is 24.4 Å². The van der Waals surface area contributed by atoms with Crippen LogP contribution in [0.15, 0.2) is 22.3 Å². The van der Waals surface area contributed by atoms with Crippen LogP contribution in [0.4, 0.5) is 0 Å². The number of hydrogen-bond donors (Lipinski definition) is 1. The maximum absolute atomic E-state index is 12.1. The molecule has 0 aliphatic rings. The third-order valence-electron chi connectivity index (χ3n) is 2.75. The Morgan fingerprint density at radius 1 is 1.50 bits per heavy atom. The van der Waals surface area contributed by atoms with E-state index in [2.05, 4.69) is 5.10 Å². The van der Waals surface area contributed by atoms with Gasteiger partial charge >= 0.3 is 5.97 Å². The summed E-state index contributed by atoms with van der Waals surface area (Å²) in [6, 6.07) is 3.69. The quantitative estimate of drug-likeness (QED) is 0.751. The number of carbonyl (C=O) groups is 1. The van der Waals surface area contributed by atoms with E-state index in [9.17, 15) is 9.59 Å². The molecule has 0 atom stereocenters. The van der Waals surface area contributed by atoms with E-state index in [-0.39, 0.29) is 5.56 Å². The summed E-state index contributed by atoms with van der Waals surface area (Å²) in [6.45, 7) is 1.33. The predicted octanol–water partition coefficient (Wildman–Crippen LogP) is 1.10. The van der Waals surface area contributed by atoms with Crippen LogP contribution in [0.1, 0.15) is 5.82 Å². The maximum atomic E-state index is 12.1. The highest BCUT2D eigenvalue weighted by Crippen LogP contribution is 2.24. The number of hydrogen-bond acceptors (Lipinski definition) is 4. The Morgan fingerprint density at radius 2 is 2.28 bits per heavy atom. The maximum Gasteiger partial charge on any atom is 0.325 e. The van der Waals surface area contributed by atoms with Gasteiger partial charge in [0, 0.05) is 0 Å². The molecule has 0 aliphatic heterocycles. The van der Waals surface area contributed by atoms with Crippen LogP contribution in [0, 0.1) is 6.92 Å². The van der Waals surface area contributed by atoms with Gasteiger partial charge in [0.2, 0.25) is 0 Å². The molecular weight excluding hydrogens is 254 g/mol. The van der Waals surface area contributed by atoms with Crippen molar-refractivity contribution in [3.05, 3.63) is 33.7 Å². The molecule has 0 radical (unpaired) electrons. The van der Waals surface area contributed by atoms with Gasteiger partial charge in [0.25, 0.3) is 5.56 Å². The lowest BCUT2D eigenvalue weighted by atomic mass is 10.5. The summed E-state index contributed by atoms with van der Waals surface area (Å²) in [5, 5.41) is 14.7. The number of fused-ring (bicyclic) bond motifs is 3. The van der Waals surface area contributed by atoms with E-state index in [0.717, 1.165) is 14.9 Å². The first-order valence-electron chi connectivity index (χ1n) is 5.26. The molecule has 0 bridgehead atoms. The van der Waals surface area contributed by atoms with E-state index >= 15 is 0 Å². The van der Waals surface area contributed by atoms with E-state index in [1.54, 1.807) is 17.4 Å². The molecule has 6 nitrogen and oxygen atoms in total. The Balaban J connectivity index is 2.41. The fraction of sp³-hybridized carbons (Fsp3) is 0.182. The molecule has 0 saturated carbocycles. The largest absolute Gasteiger partial charge is 0.480 e. The first kappa shape index (κ1) is 11.0. The Hall–Kier alpha value is -2.15. The van der Waals surface area contributed by atoms with Crippen LogP contribution in [0.25, 0.3) is 15.7 Å². The summed E-state index contributed by atoms with van der Waals surface area (Å²) in [5.41, 5.74) is 1.01. The van der Waals surface area contributed by atoms with Crippen molar-refractivity contribution in [3.8, 4) is 0 Å². The van der Waals surface area contributed by atoms with Crippen molar-refractivity contribution >= 4 is 33.0 Å². The summed E-state index contributed by atoms with van der Waals surface area (Å²) in [4.78, 5) is 22.8. The molecule has 3 heterocycles. The third-order valence-corrected chi connectivity index (χ3v) is 3.60. The lowest BCUT2D eigenvalue weighted by Crippen LogP contribution is -2.29. The normalized spacial score (nSPS) is 11.4. The summed E-state index contributed by atoms with van der Waals surface area (Å²) >= 11 is 1.54. The average Bonchev–Trinajstić information content (AvgIpc) is 2.83. The van der Waals surface area contributed by atoms with Crippen LogP contribution >= 0.6 is 11.3 Å². The van der Waals surface area contributed by atoms with Crippen molar-refractivity contribution in [2.75, 3.05) is 0 Å². The van der Waals surface area contributed by atoms with Gasteiger partial charge in [-0.15, -0.1) is 11.3 Å². The van der Waals surface area contributed by atoms with Crippen LogP contribution < -0.4 is 5.56 Å². The minimum absolute atomic E-state index is 0.383. The molecule has 3 rings (SSSR count). The van der Waals surface area contributed by atoms with Gasteiger partial charge in [-0.2, -0.15) is 5.10 Å². The second-order valence-corrected chi connectivity index (χ2v) is 4.89. The zero-order valence-corrected chi connectivity index (χ0v) is 10.3. The van der Waals surface area contributed by atoms with E-state index in [1.807, 2.05) is 11.4 Å². The lowest BCUT2D eigenvalue weighted by molar-refractivity contribution is -0.138. The molecule has 0 saturated heterocycles. The number of carboxylic acid groups (broad SMARTS) is 1. The molecule has 3 aromatic heterocycles. The molecule has 0 unspecified atom stereocenters. The number of aryl methyl sites for hydroxylation is 1. The summed E-state index contributed by atoms with van der Waals surface area (Å²) in [7, 11) is 0. The minimum atomic E-state index is -1.08. The predicted molar refractivity (Wildman–Crippen MR) is 67.2 cm³/mol. The minimum Gasteiger partial charge on any atom is -0.480 e. The molecular formula is C11H9N3O3S. The standard InChI is InChI=1S/C11H9N3O3S/c1-6-12-13(5-10(15)16)11(17)8-4-9-7(14(6)8)2-3-18-9/h2-4H,5H2,1H3,(H,15,16). The Kier molecular flexibility index (Phi) is 2.24. The highest BCUT2D eigenvalue weighted by Gasteiger charge is 2.13. The molecule has 18 heavy (non-hydrogen) atoms. The zero-order valence-electron chi connectivity index (χ0n) is 9.45. The highest BCUT2D eigenvalue weighted by atomic mass is 32.1. The van der Waals surface area contributed by atoms with Crippen molar-refractivity contribution in [3.63, 3.8) is 0 Å². The zero-order chi connectivity index (χ0) is 12.9. The van der Waals surface area contributed by atoms with Gasteiger partial charge in [-0.1, -0.05) is 0 Å². The van der Waals surface area contributed by atoms with Crippen LogP contribution in [0.3, 0.4) is 0 Å². The first-order valence-corrected chi connectivity index (χ1v) is 6.14. The second kappa shape index (κ2) is 3.67. The molecule has 7 heteroatoms. The number of carboxylic acids is 1. The molecule has 92 valence electrons. The van der Waals surface area contributed by atoms with Crippen LogP contribution in [-0.4, -0.2) is 25.3 Å².